The van der Waals surface area contributed by atoms with E-state index in [0.717, 1.165) is 24.3 Å². The van der Waals surface area contributed by atoms with Gasteiger partial charge in [-0.15, -0.1) is 0 Å². The molecule has 0 aliphatic carbocycles. The third-order valence-electron chi connectivity index (χ3n) is 3.57. The highest BCUT2D eigenvalue weighted by atomic mass is 16.5. The first-order valence-electron chi connectivity index (χ1n) is 6.97. The maximum absolute atomic E-state index is 5.72. The van der Waals surface area contributed by atoms with Gasteiger partial charge in [-0.1, -0.05) is 13.8 Å². The molecule has 0 amide bonds. The fourth-order valence-electron chi connectivity index (χ4n) is 2.20. The summed E-state index contributed by atoms with van der Waals surface area (Å²) in [7, 11) is 1.76. The second kappa shape index (κ2) is 7.46. The van der Waals surface area contributed by atoms with Crippen molar-refractivity contribution in [2.75, 3.05) is 20.3 Å². The minimum absolute atomic E-state index is 0.0976. The van der Waals surface area contributed by atoms with Crippen molar-refractivity contribution in [2.45, 2.75) is 45.8 Å². The van der Waals surface area contributed by atoms with Crippen molar-refractivity contribution in [3.05, 3.63) is 24.0 Å². The zero-order valence-corrected chi connectivity index (χ0v) is 12.7. The van der Waals surface area contributed by atoms with Gasteiger partial charge in [-0.25, -0.2) is 0 Å². The van der Waals surface area contributed by atoms with Crippen LogP contribution >= 0.6 is 0 Å². The maximum Gasteiger partial charge on any atom is 0.137 e. The molecule has 19 heavy (non-hydrogen) atoms. The van der Waals surface area contributed by atoms with E-state index in [2.05, 4.69) is 31.1 Å². The van der Waals surface area contributed by atoms with Gasteiger partial charge in [0, 0.05) is 13.3 Å². The highest BCUT2D eigenvalue weighted by molar-refractivity contribution is 5.28. The van der Waals surface area contributed by atoms with Crippen LogP contribution in [0.25, 0.3) is 0 Å². The lowest BCUT2D eigenvalue weighted by Crippen LogP contribution is -2.42. The summed E-state index contributed by atoms with van der Waals surface area (Å²) in [6, 6.07) is 2.14. The molecule has 108 valence electrons. The SMILES string of the molecule is CCNC(c1cncc(OCC)c1)C(C)(CC)OC. The Morgan fingerprint density at radius 2 is 2.05 bits per heavy atom. The first-order valence-corrected chi connectivity index (χ1v) is 6.97. The molecule has 2 atom stereocenters. The van der Waals surface area contributed by atoms with E-state index in [-0.39, 0.29) is 11.6 Å². The minimum atomic E-state index is -0.261. The fraction of sp³-hybridized carbons (Fsp3) is 0.667. The predicted octanol–water partition coefficient (Wildman–Crippen LogP) is 2.95. The molecule has 0 radical (unpaired) electrons. The van der Waals surface area contributed by atoms with E-state index in [0.29, 0.717) is 6.61 Å². The molecular weight excluding hydrogens is 240 g/mol. The summed E-state index contributed by atoms with van der Waals surface area (Å²) in [5.41, 5.74) is 0.835. The van der Waals surface area contributed by atoms with Gasteiger partial charge < -0.3 is 14.8 Å². The van der Waals surface area contributed by atoms with Crippen molar-refractivity contribution >= 4 is 0 Å². The maximum atomic E-state index is 5.72. The van der Waals surface area contributed by atoms with Crippen LogP contribution in [0.4, 0.5) is 0 Å². The second-order valence-corrected chi connectivity index (χ2v) is 4.75. The van der Waals surface area contributed by atoms with E-state index in [1.165, 1.54) is 0 Å². The predicted molar refractivity (Wildman–Crippen MR) is 77.5 cm³/mol. The molecule has 4 heteroatoms. The van der Waals surface area contributed by atoms with Crippen LogP contribution in [0.1, 0.15) is 45.7 Å². The smallest absolute Gasteiger partial charge is 0.137 e. The van der Waals surface area contributed by atoms with Crippen molar-refractivity contribution in [1.82, 2.24) is 10.3 Å². The average Bonchev–Trinajstić information content (AvgIpc) is 2.44. The van der Waals surface area contributed by atoms with Crippen molar-refractivity contribution < 1.29 is 9.47 Å². The Labute approximate surface area is 116 Å². The number of hydrogen-bond acceptors (Lipinski definition) is 4. The Kier molecular flexibility index (Phi) is 6.25. The zero-order chi connectivity index (χ0) is 14.3. The van der Waals surface area contributed by atoms with Crippen LogP contribution in [0.3, 0.4) is 0 Å². The van der Waals surface area contributed by atoms with Crippen LogP contribution in [-0.2, 0) is 4.74 Å². The Balaban J connectivity index is 3.07. The number of hydrogen-bond donors (Lipinski definition) is 1. The van der Waals surface area contributed by atoms with E-state index in [1.54, 1.807) is 13.3 Å². The van der Waals surface area contributed by atoms with Crippen LogP contribution in [0.15, 0.2) is 18.5 Å². The van der Waals surface area contributed by atoms with Crippen LogP contribution in [0, 0.1) is 0 Å². The normalized spacial score (nSPS) is 15.8. The highest BCUT2D eigenvalue weighted by Gasteiger charge is 2.33. The summed E-state index contributed by atoms with van der Waals surface area (Å²) >= 11 is 0. The molecule has 0 aromatic carbocycles. The molecule has 2 unspecified atom stereocenters. The van der Waals surface area contributed by atoms with Crippen molar-refractivity contribution in [3.63, 3.8) is 0 Å². The minimum Gasteiger partial charge on any atom is -0.492 e. The molecule has 1 aromatic rings. The molecule has 0 saturated carbocycles. The van der Waals surface area contributed by atoms with Crippen molar-refractivity contribution in [3.8, 4) is 5.75 Å². The molecule has 1 rings (SSSR count). The number of rotatable bonds is 8. The fourth-order valence-corrected chi connectivity index (χ4v) is 2.20. The summed E-state index contributed by atoms with van der Waals surface area (Å²) in [5.74, 6) is 0.803. The van der Waals surface area contributed by atoms with E-state index in [4.69, 9.17) is 9.47 Å². The van der Waals surface area contributed by atoms with Crippen LogP contribution < -0.4 is 10.1 Å². The number of likely N-dealkylation sites (N-methyl/N-ethyl adjacent to an activating group) is 1. The number of methoxy groups -OCH3 is 1. The number of aromatic nitrogens is 1. The average molecular weight is 266 g/mol. The van der Waals surface area contributed by atoms with E-state index in [1.807, 2.05) is 19.2 Å². The second-order valence-electron chi connectivity index (χ2n) is 4.75. The summed E-state index contributed by atoms with van der Waals surface area (Å²) in [6.07, 6.45) is 4.54. The first kappa shape index (κ1) is 15.9. The monoisotopic (exact) mass is 266 g/mol. The molecule has 4 nitrogen and oxygen atoms in total. The molecule has 0 bridgehead atoms. The number of nitrogens with zero attached hydrogens (tertiary/aromatic N) is 1. The lowest BCUT2D eigenvalue weighted by molar-refractivity contribution is -0.0297. The molecule has 0 aliphatic rings. The highest BCUT2D eigenvalue weighted by Crippen LogP contribution is 2.32. The van der Waals surface area contributed by atoms with Gasteiger partial charge in [0.15, 0.2) is 0 Å². The van der Waals surface area contributed by atoms with Crippen LogP contribution in [0.2, 0.25) is 0 Å². The summed E-state index contributed by atoms with van der Waals surface area (Å²) in [6.45, 7) is 9.84. The van der Waals surface area contributed by atoms with E-state index < -0.39 is 0 Å². The van der Waals surface area contributed by atoms with Gasteiger partial charge in [-0.2, -0.15) is 0 Å². The summed E-state index contributed by atoms with van der Waals surface area (Å²) in [5, 5.41) is 3.49. The zero-order valence-electron chi connectivity index (χ0n) is 12.7. The van der Waals surface area contributed by atoms with Gasteiger partial charge in [0.05, 0.1) is 24.4 Å². The van der Waals surface area contributed by atoms with Crippen LogP contribution in [0.5, 0.6) is 5.75 Å². The molecule has 1 N–H and O–H groups in total. The Morgan fingerprint density at radius 3 is 2.58 bits per heavy atom. The third-order valence-corrected chi connectivity index (χ3v) is 3.57. The van der Waals surface area contributed by atoms with E-state index in [9.17, 15) is 0 Å². The van der Waals surface area contributed by atoms with Gasteiger partial charge in [-0.05, 0) is 38.4 Å². The first-order chi connectivity index (χ1) is 9.11. The number of ether oxygens (including phenoxy) is 2. The lowest BCUT2D eigenvalue weighted by Gasteiger charge is -2.36. The topological polar surface area (TPSA) is 43.4 Å². The molecular formula is C15H26N2O2. The standard InChI is InChI=1S/C15H26N2O2/c1-6-15(4,18-5)14(17-7-2)12-9-13(19-8-3)11-16-10-12/h9-11,14,17H,6-8H2,1-5H3. The Bertz CT molecular complexity index is 378. The molecule has 0 fully saturated rings. The van der Waals surface area contributed by atoms with Crippen LogP contribution in [-0.4, -0.2) is 30.8 Å². The number of pyridine rings is 1. The molecule has 0 saturated heterocycles. The molecule has 1 heterocycles. The van der Waals surface area contributed by atoms with E-state index >= 15 is 0 Å². The van der Waals surface area contributed by atoms with Gasteiger partial charge in [0.25, 0.3) is 0 Å². The summed E-state index contributed by atoms with van der Waals surface area (Å²) < 4.78 is 11.2. The summed E-state index contributed by atoms with van der Waals surface area (Å²) in [4.78, 5) is 4.27. The lowest BCUT2D eigenvalue weighted by atomic mass is 9.88. The third kappa shape index (κ3) is 3.91. The van der Waals surface area contributed by atoms with Crippen molar-refractivity contribution in [1.29, 1.82) is 0 Å². The van der Waals surface area contributed by atoms with Gasteiger partial charge in [0.2, 0.25) is 0 Å². The Morgan fingerprint density at radius 1 is 1.32 bits per heavy atom. The Hall–Kier alpha value is -1.13. The van der Waals surface area contributed by atoms with Gasteiger partial charge in [-0.3, -0.25) is 4.98 Å². The van der Waals surface area contributed by atoms with Crippen molar-refractivity contribution in [2.24, 2.45) is 0 Å². The van der Waals surface area contributed by atoms with Gasteiger partial charge >= 0.3 is 0 Å². The molecule has 0 aliphatic heterocycles. The van der Waals surface area contributed by atoms with Gasteiger partial charge in [0.1, 0.15) is 5.75 Å². The largest absolute Gasteiger partial charge is 0.492 e. The quantitative estimate of drug-likeness (QED) is 0.785. The molecule has 0 spiro atoms. The number of nitrogens with one attached hydrogen (secondary N) is 1. The molecule has 1 aromatic heterocycles.